The SMILES string of the molecule is Cc1ccccc1S(=O)(=O)NCC(C)(C)c1ccc2c(c1)OCCO2. The van der Waals surface area contributed by atoms with Crippen LogP contribution in [0.1, 0.15) is 25.0 Å². The molecule has 0 unspecified atom stereocenters. The predicted octanol–water partition coefficient (Wildman–Crippen LogP) is 3.02. The van der Waals surface area contributed by atoms with Crippen molar-refractivity contribution in [2.75, 3.05) is 19.8 Å². The number of benzene rings is 2. The highest BCUT2D eigenvalue weighted by molar-refractivity contribution is 7.89. The molecule has 3 rings (SSSR count). The molecule has 134 valence electrons. The predicted molar refractivity (Wildman–Crippen MR) is 96.8 cm³/mol. The summed E-state index contributed by atoms with van der Waals surface area (Å²) in [5.74, 6) is 1.44. The number of ether oxygens (including phenoxy) is 2. The fourth-order valence-corrected chi connectivity index (χ4v) is 4.23. The molecular formula is C19H23NO4S. The highest BCUT2D eigenvalue weighted by Crippen LogP contribution is 2.35. The molecule has 1 aliphatic heterocycles. The fourth-order valence-electron chi connectivity index (χ4n) is 2.78. The Bertz CT molecular complexity index is 875. The van der Waals surface area contributed by atoms with Crippen LogP contribution in [0.2, 0.25) is 0 Å². The molecule has 0 saturated heterocycles. The van der Waals surface area contributed by atoms with Crippen LogP contribution in [0.4, 0.5) is 0 Å². The van der Waals surface area contributed by atoms with Crippen molar-refractivity contribution in [3.8, 4) is 11.5 Å². The Morgan fingerprint density at radius 1 is 1.04 bits per heavy atom. The summed E-state index contributed by atoms with van der Waals surface area (Å²) in [5, 5.41) is 0. The summed E-state index contributed by atoms with van der Waals surface area (Å²) in [5.41, 5.74) is 1.32. The van der Waals surface area contributed by atoms with Gasteiger partial charge in [-0.1, -0.05) is 38.1 Å². The zero-order valence-corrected chi connectivity index (χ0v) is 15.5. The third-order valence-corrected chi connectivity index (χ3v) is 5.97. The summed E-state index contributed by atoms with van der Waals surface area (Å²) >= 11 is 0. The molecule has 0 bridgehead atoms. The number of rotatable bonds is 5. The van der Waals surface area contributed by atoms with E-state index in [1.165, 1.54) is 0 Å². The normalized spacial score (nSPS) is 14.4. The van der Waals surface area contributed by atoms with E-state index in [1.54, 1.807) is 25.1 Å². The summed E-state index contributed by atoms with van der Waals surface area (Å²) in [4.78, 5) is 0.313. The molecular weight excluding hydrogens is 338 g/mol. The van der Waals surface area contributed by atoms with Crippen LogP contribution in [0.5, 0.6) is 11.5 Å². The van der Waals surface area contributed by atoms with Crippen molar-refractivity contribution in [3.63, 3.8) is 0 Å². The molecule has 0 aromatic heterocycles. The minimum Gasteiger partial charge on any atom is -0.486 e. The maximum Gasteiger partial charge on any atom is 0.240 e. The summed E-state index contributed by atoms with van der Waals surface area (Å²) in [7, 11) is -3.56. The van der Waals surface area contributed by atoms with Gasteiger partial charge in [0, 0.05) is 12.0 Å². The molecule has 0 saturated carbocycles. The van der Waals surface area contributed by atoms with Crippen LogP contribution in [0.15, 0.2) is 47.4 Å². The van der Waals surface area contributed by atoms with Crippen LogP contribution in [0.3, 0.4) is 0 Å². The second kappa shape index (κ2) is 6.69. The van der Waals surface area contributed by atoms with E-state index in [-0.39, 0.29) is 6.54 Å². The average molecular weight is 361 g/mol. The lowest BCUT2D eigenvalue weighted by molar-refractivity contribution is 0.171. The highest BCUT2D eigenvalue weighted by Gasteiger charge is 2.26. The van der Waals surface area contributed by atoms with Crippen molar-refractivity contribution in [2.45, 2.75) is 31.1 Å². The van der Waals surface area contributed by atoms with E-state index < -0.39 is 15.4 Å². The van der Waals surface area contributed by atoms with Gasteiger partial charge in [-0.2, -0.15) is 0 Å². The molecule has 0 amide bonds. The smallest absolute Gasteiger partial charge is 0.240 e. The van der Waals surface area contributed by atoms with Gasteiger partial charge in [-0.05, 0) is 36.2 Å². The Labute approximate surface area is 149 Å². The summed E-state index contributed by atoms with van der Waals surface area (Å²) in [6, 6.07) is 12.7. The van der Waals surface area contributed by atoms with E-state index in [0.29, 0.717) is 23.9 Å². The van der Waals surface area contributed by atoms with Gasteiger partial charge in [0.2, 0.25) is 10.0 Å². The van der Waals surface area contributed by atoms with Crippen molar-refractivity contribution in [2.24, 2.45) is 0 Å². The first-order chi connectivity index (χ1) is 11.8. The second-order valence-corrected chi connectivity index (χ2v) is 8.57. The number of hydrogen-bond donors (Lipinski definition) is 1. The third kappa shape index (κ3) is 3.80. The first-order valence-corrected chi connectivity index (χ1v) is 9.73. The number of nitrogens with one attached hydrogen (secondary N) is 1. The standard InChI is InChI=1S/C19H23NO4S/c1-14-6-4-5-7-18(14)25(21,22)20-13-19(2,3)15-8-9-16-17(12-15)24-11-10-23-16/h4-9,12,20H,10-11,13H2,1-3H3. The van der Waals surface area contributed by atoms with Gasteiger partial charge in [-0.15, -0.1) is 0 Å². The van der Waals surface area contributed by atoms with E-state index in [2.05, 4.69) is 4.72 Å². The molecule has 2 aromatic rings. The van der Waals surface area contributed by atoms with Crippen molar-refractivity contribution in [1.82, 2.24) is 4.72 Å². The minimum atomic E-state index is -3.56. The molecule has 1 N–H and O–H groups in total. The van der Waals surface area contributed by atoms with Crippen LogP contribution < -0.4 is 14.2 Å². The Kier molecular flexibility index (Phi) is 4.75. The van der Waals surface area contributed by atoms with Crippen LogP contribution >= 0.6 is 0 Å². The van der Waals surface area contributed by atoms with Gasteiger partial charge in [-0.25, -0.2) is 13.1 Å². The molecule has 1 aliphatic rings. The molecule has 5 nitrogen and oxygen atoms in total. The fraction of sp³-hybridized carbons (Fsp3) is 0.368. The number of sulfonamides is 1. The molecule has 6 heteroatoms. The number of hydrogen-bond acceptors (Lipinski definition) is 4. The zero-order valence-electron chi connectivity index (χ0n) is 14.7. The molecule has 0 spiro atoms. The van der Waals surface area contributed by atoms with Crippen LogP contribution in [-0.4, -0.2) is 28.2 Å². The Hall–Kier alpha value is -2.05. The summed E-state index contributed by atoms with van der Waals surface area (Å²) < 4.78 is 39.1. The molecule has 25 heavy (non-hydrogen) atoms. The van der Waals surface area contributed by atoms with Crippen molar-refractivity contribution in [1.29, 1.82) is 0 Å². The largest absolute Gasteiger partial charge is 0.486 e. The maximum absolute atomic E-state index is 12.6. The quantitative estimate of drug-likeness (QED) is 0.889. The van der Waals surface area contributed by atoms with Crippen molar-refractivity contribution < 1.29 is 17.9 Å². The Balaban J connectivity index is 1.79. The van der Waals surface area contributed by atoms with Gasteiger partial charge in [-0.3, -0.25) is 0 Å². The van der Waals surface area contributed by atoms with E-state index in [1.807, 2.05) is 38.1 Å². The molecule has 0 aliphatic carbocycles. The molecule has 2 aromatic carbocycles. The highest BCUT2D eigenvalue weighted by atomic mass is 32.2. The molecule has 1 heterocycles. The minimum absolute atomic E-state index is 0.281. The van der Waals surface area contributed by atoms with Gasteiger partial charge >= 0.3 is 0 Å². The van der Waals surface area contributed by atoms with Crippen molar-refractivity contribution in [3.05, 3.63) is 53.6 Å². The van der Waals surface area contributed by atoms with Gasteiger partial charge in [0.25, 0.3) is 0 Å². The maximum atomic E-state index is 12.6. The van der Waals surface area contributed by atoms with Gasteiger partial charge in [0.05, 0.1) is 4.90 Å². The lowest BCUT2D eigenvalue weighted by atomic mass is 9.84. The first kappa shape index (κ1) is 17.8. The number of aryl methyl sites for hydroxylation is 1. The van der Waals surface area contributed by atoms with Gasteiger partial charge < -0.3 is 9.47 Å². The summed E-state index contributed by atoms with van der Waals surface area (Å²) in [6.07, 6.45) is 0. The third-order valence-electron chi connectivity index (χ3n) is 4.41. The van der Waals surface area contributed by atoms with E-state index in [9.17, 15) is 8.42 Å². The number of fused-ring (bicyclic) bond motifs is 1. The molecule has 0 fully saturated rings. The van der Waals surface area contributed by atoms with Crippen molar-refractivity contribution >= 4 is 10.0 Å². The second-order valence-electron chi connectivity index (χ2n) is 6.83. The topological polar surface area (TPSA) is 64.6 Å². The molecule has 0 radical (unpaired) electrons. The van der Waals surface area contributed by atoms with E-state index in [0.717, 1.165) is 16.9 Å². The van der Waals surface area contributed by atoms with E-state index >= 15 is 0 Å². The Morgan fingerprint density at radius 2 is 1.72 bits per heavy atom. The zero-order chi connectivity index (χ0) is 18.1. The van der Waals surface area contributed by atoms with Crippen LogP contribution in [-0.2, 0) is 15.4 Å². The lowest BCUT2D eigenvalue weighted by Crippen LogP contribution is -2.37. The monoisotopic (exact) mass is 361 g/mol. The van der Waals surface area contributed by atoms with Crippen LogP contribution in [0, 0.1) is 6.92 Å². The van der Waals surface area contributed by atoms with Crippen LogP contribution in [0.25, 0.3) is 0 Å². The lowest BCUT2D eigenvalue weighted by Gasteiger charge is -2.28. The molecule has 0 atom stereocenters. The average Bonchev–Trinajstić information content (AvgIpc) is 2.60. The van der Waals surface area contributed by atoms with E-state index in [4.69, 9.17) is 9.47 Å². The Morgan fingerprint density at radius 3 is 2.44 bits per heavy atom. The van der Waals surface area contributed by atoms with Gasteiger partial charge in [0.1, 0.15) is 13.2 Å². The summed E-state index contributed by atoms with van der Waals surface area (Å²) in [6.45, 7) is 7.14. The van der Waals surface area contributed by atoms with Gasteiger partial charge in [0.15, 0.2) is 11.5 Å². The first-order valence-electron chi connectivity index (χ1n) is 8.25.